The summed E-state index contributed by atoms with van der Waals surface area (Å²) in [6.45, 7) is 5.11. The normalized spacial score (nSPS) is 14.1. The Labute approximate surface area is 120 Å². The van der Waals surface area contributed by atoms with E-state index in [9.17, 15) is 0 Å². The Balaban J connectivity index is 2.53. The molecule has 0 aliphatic rings. The Bertz CT molecular complexity index is 343. The molecule has 0 saturated carbocycles. The second-order valence-corrected chi connectivity index (χ2v) is 5.97. The van der Waals surface area contributed by atoms with E-state index in [4.69, 9.17) is 9.84 Å². The molecule has 1 aromatic rings. The molecular formula is C15H25NO2S. The monoisotopic (exact) mass is 283 g/mol. The summed E-state index contributed by atoms with van der Waals surface area (Å²) >= 11 is 1.89. The number of nitrogens with one attached hydrogen (secondary N) is 1. The molecule has 0 amide bonds. The molecule has 108 valence electrons. The molecule has 0 aliphatic heterocycles. The molecule has 0 heterocycles. The largest absolute Gasteiger partial charge is 0.494 e. The van der Waals surface area contributed by atoms with Crippen LogP contribution in [0, 0.1) is 0 Å². The van der Waals surface area contributed by atoms with Crippen LogP contribution in [-0.2, 0) is 0 Å². The standard InChI is InChI=1S/C15H25NO2S/c1-4-18-14-7-5-13(6-8-14)15(16-3)11-19-12(2)9-10-17/h5-8,12,15-17H,4,9-11H2,1-3H3. The number of aliphatic hydroxyl groups excluding tert-OH is 1. The second kappa shape index (κ2) is 9.23. The Kier molecular flexibility index (Phi) is 7.94. The molecule has 2 unspecified atom stereocenters. The van der Waals surface area contributed by atoms with Crippen molar-refractivity contribution in [2.24, 2.45) is 0 Å². The van der Waals surface area contributed by atoms with Gasteiger partial charge in [-0.15, -0.1) is 0 Å². The van der Waals surface area contributed by atoms with Crippen LogP contribution in [0.15, 0.2) is 24.3 Å². The lowest BCUT2D eigenvalue weighted by Crippen LogP contribution is -2.20. The molecule has 0 aromatic heterocycles. The zero-order chi connectivity index (χ0) is 14.1. The molecule has 0 radical (unpaired) electrons. The number of hydrogen-bond donors (Lipinski definition) is 2. The highest BCUT2D eigenvalue weighted by atomic mass is 32.2. The lowest BCUT2D eigenvalue weighted by atomic mass is 10.1. The van der Waals surface area contributed by atoms with Gasteiger partial charge >= 0.3 is 0 Å². The molecule has 0 aliphatic carbocycles. The predicted molar refractivity (Wildman–Crippen MR) is 83.0 cm³/mol. The van der Waals surface area contributed by atoms with Gasteiger partial charge in [-0.2, -0.15) is 11.8 Å². The Morgan fingerprint density at radius 1 is 1.32 bits per heavy atom. The quantitative estimate of drug-likeness (QED) is 0.731. The minimum atomic E-state index is 0.265. The van der Waals surface area contributed by atoms with Crippen LogP contribution in [0.2, 0.25) is 0 Å². The summed E-state index contributed by atoms with van der Waals surface area (Å²) in [7, 11) is 1.98. The van der Waals surface area contributed by atoms with Gasteiger partial charge in [0.1, 0.15) is 5.75 Å². The fraction of sp³-hybridized carbons (Fsp3) is 0.600. The molecule has 1 rings (SSSR count). The lowest BCUT2D eigenvalue weighted by molar-refractivity contribution is 0.289. The SMILES string of the molecule is CCOc1ccc(C(CSC(C)CCO)NC)cc1. The first-order chi connectivity index (χ1) is 9.21. The summed E-state index contributed by atoms with van der Waals surface area (Å²) in [5.41, 5.74) is 1.27. The van der Waals surface area contributed by atoms with E-state index in [1.54, 1.807) is 0 Å². The maximum Gasteiger partial charge on any atom is 0.119 e. The summed E-state index contributed by atoms with van der Waals surface area (Å²) in [6, 6.07) is 8.60. The van der Waals surface area contributed by atoms with Gasteiger partial charge in [0.05, 0.1) is 6.61 Å². The zero-order valence-corrected chi connectivity index (χ0v) is 12.9. The molecule has 2 atom stereocenters. The van der Waals surface area contributed by atoms with E-state index in [0.29, 0.717) is 17.9 Å². The first kappa shape index (κ1) is 16.3. The summed E-state index contributed by atoms with van der Waals surface area (Å²) < 4.78 is 5.45. The summed E-state index contributed by atoms with van der Waals surface area (Å²) in [5.74, 6) is 1.92. The Hall–Kier alpha value is -0.710. The van der Waals surface area contributed by atoms with Crippen LogP contribution in [0.4, 0.5) is 0 Å². The number of aliphatic hydroxyl groups is 1. The molecule has 0 bridgehead atoms. The highest BCUT2D eigenvalue weighted by Gasteiger charge is 2.11. The van der Waals surface area contributed by atoms with Crippen molar-refractivity contribution in [3.63, 3.8) is 0 Å². The number of ether oxygens (including phenoxy) is 1. The number of rotatable bonds is 9. The smallest absolute Gasteiger partial charge is 0.119 e. The van der Waals surface area contributed by atoms with Gasteiger partial charge in [-0.05, 0) is 38.1 Å². The van der Waals surface area contributed by atoms with Gasteiger partial charge in [-0.3, -0.25) is 0 Å². The molecule has 4 heteroatoms. The molecule has 3 nitrogen and oxygen atoms in total. The first-order valence-corrected chi connectivity index (χ1v) is 7.88. The summed E-state index contributed by atoms with van der Waals surface area (Å²) in [5, 5.41) is 12.7. The number of thioether (sulfide) groups is 1. The fourth-order valence-corrected chi connectivity index (χ4v) is 2.99. The van der Waals surface area contributed by atoms with E-state index in [1.807, 2.05) is 37.9 Å². The third-order valence-electron chi connectivity index (χ3n) is 3.02. The Morgan fingerprint density at radius 2 is 2.00 bits per heavy atom. The van der Waals surface area contributed by atoms with E-state index in [2.05, 4.69) is 24.4 Å². The van der Waals surface area contributed by atoms with Crippen molar-refractivity contribution in [3.8, 4) is 5.75 Å². The summed E-state index contributed by atoms with van der Waals surface area (Å²) in [4.78, 5) is 0. The van der Waals surface area contributed by atoms with Gasteiger partial charge in [0.15, 0.2) is 0 Å². The van der Waals surface area contributed by atoms with Crippen LogP contribution in [0.3, 0.4) is 0 Å². The van der Waals surface area contributed by atoms with Gasteiger partial charge in [0.2, 0.25) is 0 Å². The van der Waals surface area contributed by atoms with Gasteiger partial charge in [0.25, 0.3) is 0 Å². The average Bonchev–Trinajstić information content (AvgIpc) is 2.42. The van der Waals surface area contributed by atoms with Crippen molar-refractivity contribution in [1.82, 2.24) is 5.32 Å². The van der Waals surface area contributed by atoms with E-state index >= 15 is 0 Å². The minimum Gasteiger partial charge on any atom is -0.494 e. The summed E-state index contributed by atoms with van der Waals surface area (Å²) in [6.07, 6.45) is 0.852. The van der Waals surface area contributed by atoms with E-state index in [1.165, 1.54) is 5.56 Å². The van der Waals surface area contributed by atoms with Crippen LogP contribution in [0.1, 0.15) is 31.9 Å². The van der Waals surface area contributed by atoms with Gasteiger partial charge < -0.3 is 15.2 Å². The molecule has 0 saturated heterocycles. The third-order valence-corrected chi connectivity index (χ3v) is 4.36. The molecule has 1 aromatic carbocycles. The zero-order valence-electron chi connectivity index (χ0n) is 12.1. The van der Waals surface area contributed by atoms with Crippen molar-refractivity contribution < 1.29 is 9.84 Å². The molecule has 2 N–H and O–H groups in total. The van der Waals surface area contributed by atoms with Gasteiger partial charge in [-0.25, -0.2) is 0 Å². The maximum atomic E-state index is 8.91. The van der Waals surface area contributed by atoms with Crippen LogP contribution < -0.4 is 10.1 Å². The predicted octanol–water partition coefficient (Wildman–Crippen LogP) is 2.85. The van der Waals surface area contributed by atoms with Crippen LogP contribution >= 0.6 is 11.8 Å². The highest BCUT2D eigenvalue weighted by Crippen LogP contribution is 2.24. The first-order valence-electron chi connectivity index (χ1n) is 6.83. The van der Waals surface area contributed by atoms with Crippen molar-refractivity contribution in [1.29, 1.82) is 0 Å². The van der Waals surface area contributed by atoms with Crippen molar-refractivity contribution >= 4 is 11.8 Å². The second-order valence-electron chi connectivity index (χ2n) is 4.50. The molecule has 0 spiro atoms. The van der Waals surface area contributed by atoms with Crippen molar-refractivity contribution in [3.05, 3.63) is 29.8 Å². The molecule has 0 fully saturated rings. The maximum absolute atomic E-state index is 8.91. The topological polar surface area (TPSA) is 41.5 Å². The van der Waals surface area contributed by atoms with E-state index < -0.39 is 0 Å². The lowest BCUT2D eigenvalue weighted by Gasteiger charge is -2.19. The van der Waals surface area contributed by atoms with Crippen LogP contribution in [-0.4, -0.2) is 36.4 Å². The minimum absolute atomic E-state index is 0.265. The van der Waals surface area contributed by atoms with Crippen molar-refractivity contribution in [2.75, 3.05) is 26.0 Å². The van der Waals surface area contributed by atoms with Gasteiger partial charge in [0, 0.05) is 23.7 Å². The number of hydrogen-bond acceptors (Lipinski definition) is 4. The molecular weight excluding hydrogens is 258 g/mol. The average molecular weight is 283 g/mol. The highest BCUT2D eigenvalue weighted by molar-refractivity contribution is 7.99. The fourth-order valence-electron chi connectivity index (χ4n) is 1.83. The number of benzene rings is 1. The Morgan fingerprint density at radius 3 is 2.53 bits per heavy atom. The van der Waals surface area contributed by atoms with Gasteiger partial charge in [-0.1, -0.05) is 19.1 Å². The van der Waals surface area contributed by atoms with E-state index in [0.717, 1.165) is 17.9 Å². The van der Waals surface area contributed by atoms with Crippen LogP contribution in [0.5, 0.6) is 5.75 Å². The molecule has 19 heavy (non-hydrogen) atoms. The third kappa shape index (κ3) is 5.85. The van der Waals surface area contributed by atoms with Crippen molar-refractivity contribution in [2.45, 2.75) is 31.6 Å². The van der Waals surface area contributed by atoms with Crippen LogP contribution in [0.25, 0.3) is 0 Å². The van der Waals surface area contributed by atoms with E-state index in [-0.39, 0.29) is 6.61 Å².